The first-order chi connectivity index (χ1) is 12.1. The standard InChI is InChI=1S/C21H23ClN2O.CH4/c1-23-11-9-17-18-13-16(22)7-8-19(18)24(20(17)10-12-23)14-21(25)15-5-3-2-4-6-15;/h2-8,13,21,25H,9-12,14H2,1H3;1H4. The van der Waals surface area contributed by atoms with Gasteiger partial charge in [0.05, 0.1) is 12.6 Å². The van der Waals surface area contributed by atoms with E-state index in [1.165, 1.54) is 22.2 Å². The number of likely N-dealkylation sites (N-methyl/N-ethyl adjacent to an activating group) is 1. The summed E-state index contributed by atoms with van der Waals surface area (Å²) in [6.07, 6.45) is 1.51. The molecule has 1 N–H and O–H groups in total. The van der Waals surface area contributed by atoms with Gasteiger partial charge in [0.1, 0.15) is 0 Å². The van der Waals surface area contributed by atoms with E-state index in [4.69, 9.17) is 11.6 Å². The molecule has 0 saturated heterocycles. The first kappa shape index (κ1) is 19.0. The van der Waals surface area contributed by atoms with Gasteiger partial charge >= 0.3 is 0 Å². The molecule has 1 atom stereocenters. The summed E-state index contributed by atoms with van der Waals surface area (Å²) in [6, 6.07) is 16.0. The van der Waals surface area contributed by atoms with E-state index in [0.717, 1.165) is 36.5 Å². The second-order valence-corrected chi connectivity index (χ2v) is 7.36. The average Bonchev–Trinajstić information content (AvgIpc) is 2.76. The molecule has 0 aliphatic carbocycles. The summed E-state index contributed by atoms with van der Waals surface area (Å²) in [6.45, 7) is 2.67. The van der Waals surface area contributed by atoms with Crippen molar-refractivity contribution in [2.75, 3.05) is 20.1 Å². The van der Waals surface area contributed by atoms with Gasteiger partial charge in [0.2, 0.25) is 0 Å². The van der Waals surface area contributed by atoms with E-state index in [2.05, 4.69) is 28.6 Å². The van der Waals surface area contributed by atoms with E-state index in [0.29, 0.717) is 6.54 Å². The molecule has 4 rings (SSSR count). The predicted octanol–water partition coefficient (Wildman–Crippen LogP) is 4.69. The molecule has 0 amide bonds. The SMILES string of the molecule is C.CN1CCc2c(n(CC(O)c3ccccc3)c3ccc(Cl)cc23)CC1. The highest BCUT2D eigenvalue weighted by atomic mass is 35.5. The van der Waals surface area contributed by atoms with Gasteiger partial charge < -0.3 is 14.6 Å². The van der Waals surface area contributed by atoms with Crippen molar-refractivity contribution >= 4 is 22.5 Å². The van der Waals surface area contributed by atoms with Crippen molar-refractivity contribution in [2.45, 2.75) is 32.9 Å². The van der Waals surface area contributed by atoms with Crippen molar-refractivity contribution in [3.63, 3.8) is 0 Å². The highest BCUT2D eigenvalue weighted by Gasteiger charge is 2.22. The molecule has 3 nitrogen and oxygen atoms in total. The number of aliphatic hydroxyl groups excluding tert-OH is 1. The van der Waals surface area contributed by atoms with E-state index in [-0.39, 0.29) is 7.43 Å². The fourth-order valence-corrected chi connectivity index (χ4v) is 4.06. The largest absolute Gasteiger partial charge is 0.387 e. The number of hydrogen-bond donors (Lipinski definition) is 1. The Kier molecular flexibility index (Phi) is 5.71. The van der Waals surface area contributed by atoms with E-state index in [9.17, 15) is 5.11 Å². The molecule has 26 heavy (non-hydrogen) atoms. The summed E-state index contributed by atoms with van der Waals surface area (Å²) < 4.78 is 2.30. The number of halogens is 1. The van der Waals surface area contributed by atoms with Crippen molar-refractivity contribution < 1.29 is 5.11 Å². The molecule has 2 aromatic carbocycles. The zero-order chi connectivity index (χ0) is 17.4. The summed E-state index contributed by atoms with van der Waals surface area (Å²) in [7, 11) is 2.17. The van der Waals surface area contributed by atoms with Crippen LogP contribution in [-0.4, -0.2) is 34.7 Å². The normalized spacial score (nSPS) is 16.0. The van der Waals surface area contributed by atoms with Gasteiger partial charge in [-0.1, -0.05) is 49.4 Å². The molecule has 0 saturated carbocycles. The number of benzene rings is 2. The van der Waals surface area contributed by atoms with E-state index in [1.807, 2.05) is 36.4 Å². The Labute approximate surface area is 160 Å². The molecular formula is C22H27ClN2O. The molecule has 1 aromatic heterocycles. The van der Waals surface area contributed by atoms with Crippen LogP contribution >= 0.6 is 11.6 Å². The van der Waals surface area contributed by atoms with Crippen molar-refractivity contribution in [1.82, 2.24) is 9.47 Å². The third-order valence-electron chi connectivity index (χ3n) is 5.26. The lowest BCUT2D eigenvalue weighted by Gasteiger charge is -2.17. The Morgan fingerprint density at radius 2 is 1.81 bits per heavy atom. The third kappa shape index (κ3) is 3.52. The number of fused-ring (bicyclic) bond motifs is 3. The van der Waals surface area contributed by atoms with Crippen LogP contribution in [0.4, 0.5) is 0 Å². The minimum Gasteiger partial charge on any atom is -0.387 e. The minimum atomic E-state index is -0.516. The van der Waals surface area contributed by atoms with Crippen molar-refractivity contribution in [3.05, 3.63) is 70.4 Å². The van der Waals surface area contributed by atoms with Crippen LogP contribution in [0.5, 0.6) is 0 Å². The lowest BCUT2D eigenvalue weighted by atomic mass is 10.1. The van der Waals surface area contributed by atoms with Crippen LogP contribution in [0.3, 0.4) is 0 Å². The molecule has 0 bridgehead atoms. The van der Waals surface area contributed by atoms with Gasteiger partial charge in [-0.3, -0.25) is 0 Å². The Bertz CT molecular complexity index is 888. The first-order valence-electron chi connectivity index (χ1n) is 8.84. The lowest BCUT2D eigenvalue weighted by Crippen LogP contribution is -2.21. The second kappa shape index (κ2) is 7.83. The number of hydrogen-bond acceptors (Lipinski definition) is 2. The zero-order valence-electron chi connectivity index (χ0n) is 14.5. The van der Waals surface area contributed by atoms with Gasteiger partial charge in [-0.2, -0.15) is 0 Å². The van der Waals surface area contributed by atoms with Gasteiger partial charge in [0, 0.05) is 41.1 Å². The van der Waals surface area contributed by atoms with Crippen LogP contribution in [-0.2, 0) is 19.4 Å². The Hall–Kier alpha value is -1.81. The van der Waals surface area contributed by atoms with E-state index < -0.39 is 6.10 Å². The van der Waals surface area contributed by atoms with E-state index in [1.54, 1.807) is 0 Å². The smallest absolute Gasteiger partial charge is 0.0969 e. The van der Waals surface area contributed by atoms with Gasteiger partial charge in [0.25, 0.3) is 0 Å². The summed E-state index contributed by atoms with van der Waals surface area (Å²) in [5.41, 5.74) is 4.87. The van der Waals surface area contributed by atoms with Crippen molar-refractivity contribution in [1.29, 1.82) is 0 Å². The summed E-state index contributed by atoms with van der Waals surface area (Å²) in [4.78, 5) is 2.37. The van der Waals surface area contributed by atoms with Gasteiger partial charge in [-0.25, -0.2) is 0 Å². The summed E-state index contributed by atoms with van der Waals surface area (Å²) in [5, 5.41) is 12.8. The average molecular weight is 371 g/mol. The molecule has 1 aliphatic rings. The highest BCUT2D eigenvalue weighted by molar-refractivity contribution is 6.31. The quantitative estimate of drug-likeness (QED) is 0.724. The number of rotatable bonds is 3. The molecule has 0 spiro atoms. The summed E-state index contributed by atoms with van der Waals surface area (Å²) >= 11 is 6.27. The van der Waals surface area contributed by atoms with Crippen LogP contribution in [0.2, 0.25) is 5.02 Å². The van der Waals surface area contributed by atoms with Crippen LogP contribution in [0, 0.1) is 0 Å². The molecule has 138 valence electrons. The van der Waals surface area contributed by atoms with Crippen LogP contribution in [0.1, 0.15) is 30.4 Å². The molecule has 0 radical (unpaired) electrons. The lowest BCUT2D eigenvalue weighted by molar-refractivity contribution is 0.157. The fourth-order valence-electron chi connectivity index (χ4n) is 3.89. The molecule has 2 heterocycles. The topological polar surface area (TPSA) is 28.4 Å². The monoisotopic (exact) mass is 370 g/mol. The van der Waals surface area contributed by atoms with Crippen LogP contribution in [0.25, 0.3) is 10.9 Å². The number of nitrogens with zero attached hydrogens (tertiary/aromatic N) is 2. The molecule has 1 aliphatic heterocycles. The third-order valence-corrected chi connectivity index (χ3v) is 5.50. The Balaban J connectivity index is 0.00000196. The maximum atomic E-state index is 10.8. The van der Waals surface area contributed by atoms with Gasteiger partial charge in [0.15, 0.2) is 0 Å². The van der Waals surface area contributed by atoms with Crippen molar-refractivity contribution in [2.24, 2.45) is 0 Å². The maximum absolute atomic E-state index is 10.8. The molecule has 0 fully saturated rings. The highest BCUT2D eigenvalue weighted by Crippen LogP contribution is 2.32. The first-order valence-corrected chi connectivity index (χ1v) is 9.22. The fraction of sp³-hybridized carbons (Fsp3) is 0.364. The second-order valence-electron chi connectivity index (χ2n) is 6.93. The maximum Gasteiger partial charge on any atom is 0.0969 e. The minimum absolute atomic E-state index is 0. The number of aliphatic hydroxyl groups is 1. The van der Waals surface area contributed by atoms with Gasteiger partial charge in [-0.15, -0.1) is 0 Å². The van der Waals surface area contributed by atoms with Gasteiger partial charge in [-0.05, 0) is 42.8 Å². The Morgan fingerprint density at radius 3 is 2.58 bits per heavy atom. The molecule has 1 unspecified atom stereocenters. The summed E-state index contributed by atoms with van der Waals surface area (Å²) in [5.74, 6) is 0. The molecular weight excluding hydrogens is 344 g/mol. The van der Waals surface area contributed by atoms with Crippen molar-refractivity contribution in [3.8, 4) is 0 Å². The Morgan fingerprint density at radius 1 is 1.08 bits per heavy atom. The molecule has 3 aromatic rings. The van der Waals surface area contributed by atoms with Crippen LogP contribution < -0.4 is 0 Å². The molecule has 4 heteroatoms. The zero-order valence-corrected chi connectivity index (χ0v) is 15.2. The van der Waals surface area contributed by atoms with E-state index >= 15 is 0 Å². The predicted molar refractivity (Wildman–Crippen MR) is 110 cm³/mol. The number of aromatic nitrogens is 1. The van der Waals surface area contributed by atoms with Crippen LogP contribution in [0.15, 0.2) is 48.5 Å².